The molecule has 0 radical (unpaired) electrons. The van der Waals surface area contributed by atoms with Gasteiger partial charge in [-0.25, -0.2) is 14.4 Å². The number of carbonyl (C=O) groups is 1. The maximum absolute atomic E-state index is 14.9. The number of amides is 1. The molecule has 5 rings (SSSR count). The van der Waals surface area contributed by atoms with Crippen molar-refractivity contribution >= 4 is 11.6 Å². The number of aliphatic hydroxyl groups excluding tert-OH is 1. The van der Waals surface area contributed by atoms with Crippen LogP contribution in [0, 0.1) is 5.82 Å². The highest BCUT2D eigenvalue weighted by Crippen LogP contribution is 2.39. The van der Waals surface area contributed by atoms with Crippen LogP contribution in [0.5, 0.6) is 5.75 Å². The summed E-state index contributed by atoms with van der Waals surface area (Å²) in [4.78, 5) is 22.0. The first-order valence-corrected chi connectivity index (χ1v) is 11.3. The Kier molecular flexibility index (Phi) is 6.28. The summed E-state index contributed by atoms with van der Waals surface area (Å²) >= 11 is 0. The van der Waals surface area contributed by atoms with E-state index in [2.05, 4.69) is 15.1 Å². The summed E-state index contributed by atoms with van der Waals surface area (Å²) in [5.41, 5.74) is 9.18. The first kappa shape index (κ1) is 23.3. The van der Waals surface area contributed by atoms with Crippen LogP contribution in [0.1, 0.15) is 45.2 Å². The Bertz CT molecular complexity index is 1450. The number of aromatic hydroxyl groups is 1. The van der Waals surface area contributed by atoms with E-state index in [1.807, 2.05) is 24.3 Å². The highest BCUT2D eigenvalue weighted by Gasteiger charge is 2.37. The summed E-state index contributed by atoms with van der Waals surface area (Å²) in [7, 11) is 0. The van der Waals surface area contributed by atoms with E-state index in [-0.39, 0.29) is 30.0 Å². The predicted molar refractivity (Wildman–Crippen MR) is 130 cm³/mol. The van der Waals surface area contributed by atoms with E-state index in [1.54, 1.807) is 23.0 Å². The Morgan fingerprint density at radius 1 is 1.17 bits per heavy atom. The molecule has 4 aromatic rings. The number of nitrogens with zero attached hydrogens (tertiary/aromatic N) is 5. The lowest BCUT2D eigenvalue weighted by Crippen LogP contribution is -2.28. The van der Waals surface area contributed by atoms with Crippen LogP contribution in [0.25, 0.3) is 5.69 Å². The molecule has 9 nitrogen and oxygen atoms in total. The van der Waals surface area contributed by atoms with Crippen LogP contribution in [0.3, 0.4) is 0 Å². The number of pyridine rings is 1. The topological polar surface area (TPSA) is 130 Å². The molecule has 2 aromatic heterocycles. The van der Waals surface area contributed by atoms with Gasteiger partial charge in [-0.2, -0.15) is 5.10 Å². The van der Waals surface area contributed by atoms with Crippen LogP contribution in [-0.4, -0.2) is 41.4 Å². The SMILES string of the molecule is NCc1ccccc1-n1cnc(C(=O)N2N=C(c3cncc(CO)c3)CC2c2c(O)cccc2F)c1. The Hall–Kier alpha value is -4.41. The number of hydrazone groups is 1. The van der Waals surface area contributed by atoms with Gasteiger partial charge in [-0.15, -0.1) is 0 Å². The van der Waals surface area contributed by atoms with Crippen molar-refractivity contribution in [3.63, 3.8) is 0 Å². The van der Waals surface area contributed by atoms with Crippen molar-refractivity contribution in [2.24, 2.45) is 10.8 Å². The van der Waals surface area contributed by atoms with Gasteiger partial charge in [0.15, 0.2) is 0 Å². The minimum Gasteiger partial charge on any atom is -0.507 e. The number of nitrogens with two attached hydrogens (primary N) is 1. The second-order valence-corrected chi connectivity index (χ2v) is 8.33. The lowest BCUT2D eigenvalue weighted by atomic mass is 9.97. The molecule has 0 aliphatic carbocycles. The van der Waals surface area contributed by atoms with Gasteiger partial charge in [-0.3, -0.25) is 9.78 Å². The molecule has 2 aromatic carbocycles. The van der Waals surface area contributed by atoms with Crippen LogP contribution < -0.4 is 5.73 Å². The molecule has 10 heteroatoms. The van der Waals surface area contributed by atoms with E-state index in [1.165, 1.54) is 30.7 Å². The first-order chi connectivity index (χ1) is 17.5. The van der Waals surface area contributed by atoms with Crippen molar-refractivity contribution < 1.29 is 19.4 Å². The van der Waals surface area contributed by atoms with E-state index in [9.17, 15) is 19.4 Å². The van der Waals surface area contributed by atoms with Gasteiger partial charge < -0.3 is 20.5 Å². The summed E-state index contributed by atoms with van der Waals surface area (Å²) in [6.45, 7) is 0.100. The lowest BCUT2D eigenvalue weighted by Gasteiger charge is -2.22. The first-order valence-electron chi connectivity index (χ1n) is 11.3. The number of phenolic OH excluding ortho intramolecular Hbond substituents is 1. The van der Waals surface area contributed by atoms with Gasteiger partial charge >= 0.3 is 0 Å². The molecule has 1 amide bonds. The summed E-state index contributed by atoms with van der Waals surface area (Å²) in [5.74, 6) is -1.49. The third-order valence-corrected chi connectivity index (χ3v) is 6.08. The van der Waals surface area contributed by atoms with Gasteiger partial charge in [0.25, 0.3) is 5.91 Å². The van der Waals surface area contributed by atoms with Crippen LogP contribution in [-0.2, 0) is 13.2 Å². The Balaban J connectivity index is 1.55. The normalized spacial score (nSPS) is 15.2. The highest BCUT2D eigenvalue weighted by molar-refractivity contribution is 6.04. The van der Waals surface area contributed by atoms with Crippen LogP contribution in [0.15, 0.2) is 78.6 Å². The monoisotopic (exact) mass is 486 g/mol. The minimum absolute atomic E-state index is 0.0382. The van der Waals surface area contributed by atoms with Gasteiger partial charge in [0.05, 0.1) is 29.6 Å². The Labute approximate surface area is 206 Å². The fourth-order valence-corrected chi connectivity index (χ4v) is 4.30. The van der Waals surface area contributed by atoms with Crippen molar-refractivity contribution in [3.05, 3.63) is 107 Å². The molecule has 0 bridgehead atoms. The second kappa shape index (κ2) is 9.68. The quantitative estimate of drug-likeness (QED) is 0.384. The summed E-state index contributed by atoms with van der Waals surface area (Å²) in [5, 5.41) is 25.6. The van der Waals surface area contributed by atoms with Gasteiger partial charge in [-0.05, 0) is 35.4 Å². The fraction of sp³-hybridized carbons (Fsp3) is 0.154. The minimum atomic E-state index is -0.909. The number of aromatic nitrogens is 3. The standard InChI is InChI=1S/C26H23FN6O3/c27-19-5-3-7-24(35)25(19)23-9-20(18-8-16(14-34)11-29-12-18)31-33(23)26(36)21-13-32(15-30-21)22-6-2-1-4-17(22)10-28/h1-8,11-13,15,23,34-35H,9-10,14,28H2. The molecule has 3 heterocycles. The van der Waals surface area contributed by atoms with E-state index in [0.717, 1.165) is 16.3 Å². The van der Waals surface area contributed by atoms with Gasteiger partial charge in [0, 0.05) is 37.1 Å². The molecule has 182 valence electrons. The van der Waals surface area contributed by atoms with Gasteiger partial charge in [0.1, 0.15) is 23.6 Å². The highest BCUT2D eigenvalue weighted by atomic mass is 19.1. The molecule has 1 aliphatic heterocycles. The number of halogens is 1. The van der Waals surface area contributed by atoms with Crippen molar-refractivity contribution in [3.8, 4) is 11.4 Å². The number of aliphatic hydroxyl groups is 1. The average molecular weight is 487 g/mol. The third kappa shape index (κ3) is 4.23. The molecule has 0 saturated carbocycles. The fourth-order valence-electron chi connectivity index (χ4n) is 4.30. The second-order valence-electron chi connectivity index (χ2n) is 8.33. The lowest BCUT2D eigenvalue weighted by molar-refractivity contribution is 0.0701. The van der Waals surface area contributed by atoms with Crippen molar-refractivity contribution in [1.29, 1.82) is 0 Å². The molecule has 0 spiro atoms. The van der Waals surface area contributed by atoms with E-state index < -0.39 is 17.8 Å². The zero-order valence-corrected chi connectivity index (χ0v) is 19.1. The van der Waals surface area contributed by atoms with E-state index >= 15 is 0 Å². The smallest absolute Gasteiger partial charge is 0.294 e. The van der Waals surface area contributed by atoms with Gasteiger partial charge in [-0.1, -0.05) is 24.3 Å². The largest absolute Gasteiger partial charge is 0.507 e. The van der Waals surface area contributed by atoms with E-state index in [4.69, 9.17) is 5.73 Å². The number of para-hydroxylation sites is 1. The summed E-state index contributed by atoms with van der Waals surface area (Å²) in [6.07, 6.45) is 6.29. The number of imidazole rings is 1. The molecule has 0 saturated heterocycles. The number of carbonyl (C=O) groups excluding carboxylic acids is 1. The molecular formula is C26H23FN6O3. The molecule has 36 heavy (non-hydrogen) atoms. The maximum Gasteiger partial charge on any atom is 0.294 e. The number of phenols is 1. The molecule has 0 fully saturated rings. The third-order valence-electron chi connectivity index (χ3n) is 6.08. The van der Waals surface area contributed by atoms with Crippen molar-refractivity contribution in [1.82, 2.24) is 19.5 Å². The maximum atomic E-state index is 14.9. The van der Waals surface area contributed by atoms with Gasteiger partial charge in [0.2, 0.25) is 0 Å². The predicted octanol–water partition coefficient (Wildman–Crippen LogP) is 3.05. The molecule has 4 N–H and O–H groups in total. The van der Waals surface area contributed by atoms with Crippen LogP contribution in [0.4, 0.5) is 4.39 Å². The molecule has 1 atom stereocenters. The number of hydrogen-bond donors (Lipinski definition) is 3. The Morgan fingerprint density at radius 2 is 2.00 bits per heavy atom. The van der Waals surface area contributed by atoms with Crippen molar-refractivity contribution in [2.45, 2.75) is 25.6 Å². The average Bonchev–Trinajstić information content (AvgIpc) is 3.57. The molecule has 1 aliphatic rings. The zero-order chi connectivity index (χ0) is 25.2. The number of benzene rings is 2. The summed E-state index contributed by atoms with van der Waals surface area (Å²) < 4.78 is 16.6. The molecule has 1 unspecified atom stereocenters. The van der Waals surface area contributed by atoms with Crippen LogP contribution in [0.2, 0.25) is 0 Å². The Morgan fingerprint density at radius 3 is 2.78 bits per heavy atom. The van der Waals surface area contributed by atoms with E-state index in [0.29, 0.717) is 23.4 Å². The number of hydrogen-bond acceptors (Lipinski definition) is 7. The molecular weight excluding hydrogens is 463 g/mol. The number of rotatable bonds is 6. The van der Waals surface area contributed by atoms with Crippen LogP contribution >= 0.6 is 0 Å². The zero-order valence-electron chi connectivity index (χ0n) is 19.1. The van der Waals surface area contributed by atoms with Crippen molar-refractivity contribution in [2.75, 3.05) is 0 Å². The summed E-state index contributed by atoms with van der Waals surface area (Å²) in [6, 6.07) is 12.3.